The van der Waals surface area contributed by atoms with Gasteiger partial charge < -0.3 is 19.7 Å². The number of fused-ring (bicyclic) bond motifs is 3. The zero-order valence-electron chi connectivity index (χ0n) is 13.3. The molecule has 0 bridgehead atoms. The Morgan fingerprint density at radius 1 is 1.08 bits per heavy atom. The maximum Gasteiger partial charge on any atom is 0.270 e. The SMILES string of the molecule is O=C(Nc1ccccc1)[C@@]12O[C@@H]1[C@H]1CO[C@H](c3ccccc3)N1C2=O. The first-order chi connectivity index (χ1) is 12.2. The van der Waals surface area contributed by atoms with Gasteiger partial charge in [-0.25, -0.2) is 0 Å². The van der Waals surface area contributed by atoms with E-state index < -0.39 is 23.8 Å². The van der Waals surface area contributed by atoms with E-state index in [2.05, 4.69) is 5.32 Å². The van der Waals surface area contributed by atoms with Gasteiger partial charge in [-0.3, -0.25) is 9.59 Å². The van der Waals surface area contributed by atoms with E-state index in [9.17, 15) is 9.59 Å². The van der Waals surface area contributed by atoms with Gasteiger partial charge in [0.1, 0.15) is 6.10 Å². The number of hydrogen-bond acceptors (Lipinski definition) is 4. The summed E-state index contributed by atoms with van der Waals surface area (Å²) in [7, 11) is 0. The van der Waals surface area contributed by atoms with Crippen LogP contribution >= 0.6 is 0 Å². The van der Waals surface area contributed by atoms with Crippen LogP contribution in [0.2, 0.25) is 0 Å². The first-order valence-electron chi connectivity index (χ1n) is 8.25. The van der Waals surface area contributed by atoms with Crippen LogP contribution in [0.1, 0.15) is 11.8 Å². The average molecular weight is 336 g/mol. The molecule has 6 nitrogen and oxygen atoms in total. The normalized spacial score (nSPS) is 32.2. The number of nitrogens with zero attached hydrogens (tertiary/aromatic N) is 1. The number of morpholine rings is 1. The monoisotopic (exact) mass is 336 g/mol. The number of rotatable bonds is 3. The van der Waals surface area contributed by atoms with Crippen LogP contribution in [0, 0.1) is 0 Å². The second kappa shape index (κ2) is 5.15. The molecule has 2 amide bonds. The fraction of sp³-hybridized carbons (Fsp3) is 0.263. The molecule has 3 fully saturated rings. The first-order valence-corrected chi connectivity index (χ1v) is 8.25. The van der Waals surface area contributed by atoms with Gasteiger partial charge in [0, 0.05) is 11.3 Å². The number of nitrogens with one attached hydrogen (secondary N) is 1. The van der Waals surface area contributed by atoms with Crippen LogP contribution in [-0.2, 0) is 19.1 Å². The number of carbonyl (C=O) groups excluding carboxylic acids is 2. The Labute approximate surface area is 144 Å². The summed E-state index contributed by atoms with van der Waals surface area (Å²) in [6.45, 7) is 0.371. The van der Waals surface area contributed by atoms with Gasteiger partial charge >= 0.3 is 0 Å². The molecule has 25 heavy (non-hydrogen) atoms. The minimum Gasteiger partial charge on any atom is -0.352 e. The molecule has 2 aromatic carbocycles. The highest BCUT2D eigenvalue weighted by molar-refractivity contribution is 6.18. The first kappa shape index (κ1) is 14.6. The molecule has 0 aromatic heterocycles. The summed E-state index contributed by atoms with van der Waals surface area (Å²) in [6, 6.07) is 18.4. The number of para-hydroxylation sites is 1. The van der Waals surface area contributed by atoms with Crippen molar-refractivity contribution < 1.29 is 19.1 Å². The zero-order valence-corrected chi connectivity index (χ0v) is 13.3. The zero-order chi connectivity index (χ0) is 17.0. The standard InChI is InChI=1S/C19H16N2O4/c22-17(20-13-9-5-2-6-10-13)19-15(25-19)14-11-24-16(21(14)18(19)23)12-7-3-1-4-8-12/h1-10,14-16H,11H2,(H,20,22)/t14-,15-,16-,19+/m1/s1. The van der Waals surface area contributed by atoms with Gasteiger partial charge in [0.2, 0.25) is 0 Å². The molecule has 4 atom stereocenters. The second-order valence-electron chi connectivity index (χ2n) is 6.47. The van der Waals surface area contributed by atoms with Crippen molar-refractivity contribution in [1.82, 2.24) is 4.90 Å². The topological polar surface area (TPSA) is 71.2 Å². The average Bonchev–Trinajstić information content (AvgIpc) is 3.17. The van der Waals surface area contributed by atoms with Gasteiger partial charge in [-0.05, 0) is 12.1 Å². The van der Waals surface area contributed by atoms with Crippen molar-refractivity contribution in [2.75, 3.05) is 11.9 Å². The molecule has 3 aliphatic heterocycles. The Hall–Kier alpha value is -2.70. The van der Waals surface area contributed by atoms with Crippen molar-refractivity contribution >= 4 is 17.5 Å². The van der Waals surface area contributed by atoms with Crippen LogP contribution in [-0.4, -0.2) is 41.1 Å². The molecule has 3 heterocycles. The number of anilines is 1. The molecular weight excluding hydrogens is 320 g/mol. The summed E-state index contributed by atoms with van der Waals surface area (Å²) in [6.07, 6.45) is -0.908. The van der Waals surface area contributed by atoms with E-state index in [1.165, 1.54) is 0 Å². The molecule has 1 N–H and O–H groups in total. The van der Waals surface area contributed by atoms with Gasteiger partial charge in [0.25, 0.3) is 17.4 Å². The van der Waals surface area contributed by atoms with Gasteiger partial charge in [-0.1, -0.05) is 48.5 Å². The molecule has 0 aliphatic carbocycles. The van der Waals surface area contributed by atoms with Crippen molar-refractivity contribution in [2.45, 2.75) is 24.0 Å². The van der Waals surface area contributed by atoms with E-state index >= 15 is 0 Å². The summed E-state index contributed by atoms with van der Waals surface area (Å²) < 4.78 is 11.4. The molecule has 0 radical (unpaired) electrons. The summed E-state index contributed by atoms with van der Waals surface area (Å²) >= 11 is 0. The molecule has 2 aromatic rings. The molecule has 0 unspecified atom stereocenters. The van der Waals surface area contributed by atoms with E-state index in [-0.39, 0.29) is 11.9 Å². The highest BCUT2D eigenvalue weighted by atomic mass is 16.6. The predicted molar refractivity (Wildman–Crippen MR) is 88.4 cm³/mol. The van der Waals surface area contributed by atoms with E-state index in [1.807, 2.05) is 48.5 Å². The Bertz CT molecular complexity index is 841. The third-order valence-electron chi connectivity index (χ3n) is 5.05. The number of epoxide rings is 1. The quantitative estimate of drug-likeness (QED) is 0.684. The van der Waals surface area contributed by atoms with Gasteiger partial charge in [0.15, 0.2) is 6.23 Å². The Morgan fingerprint density at radius 2 is 1.76 bits per heavy atom. The van der Waals surface area contributed by atoms with Crippen molar-refractivity contribution in [3.63, 3.8) is 0 Å². The molecule has 0 spiro atoms. The van der Waals surface area contributed by atoms with E-state index in [0.717, 1.165) is 5.56 Å². The fourth-order valence-electron chi connectivity index (χ4n) is 3.79. The van der Waals surface area contributed by atoms with Crippen molar-refractivity contribution in [3.8, 4) is 0 Å². The summed E-state index contributed by atoms with van der Waals surface area (Å²) in [4.78, 5) is 27.4. The lowest BCUT2D eigenvalue weighted by atomic mass is 10.0. The van der Waals surface area contributed by atoms with Crippen LogP contribution in [0.4, 0.5) is 5.69 Å². The molecule has 0 saturated carbocycles. The largest absolute Gasteiger partial charge is 0.352 e. The maximum absolute atomic E-state index is 13.0. The van der Waals surface area contributed by atoms with E-state index in [4.69, 9.17) is 9.47 Å². The lowest BCUT2D eigenvalue weighted by molar-refractivity contribution is -0.146. The minimum absolute atomic E-state index is 0.223. The van der Waals surface area contributed by atoms with Crippen molar-refractivity contribution in [2.24, 2.45) is 0 Å². The lowest BCUT2D eigenvalue weighted by Crippen LogP contribution is -2.44. The van der Waals surface area contributed by atoms with E-state index in [0.29, 0.717) is 12.3 Å². The van der Waals surface area contributed by atoms with Crippen LogP contribution in [0.5, 0.6) is 0 Å². The lowest BCUT2D eigenvalue weighted by Gasteiger charge is -2.25. The van der Waals surface area contributed by atoms with Crippen molar-refractivity contribution in [1.29, 1.82) is 0 Å². The number of hydrogen-bond donors (Lipinski definition) is 1. The van der Waals surface area contributed by atoms with Gasteiger partial charge in [0.05, 0.1) is 12.6 Å². The highest BCUT2D eigenvalue weighted by Gasteiger charge is 2.80. The Kier molecular flexibility index (Phi) is 3.01. The van der Waals surface area contributed by atoms with Crippen LogP contribution in [0.15, 0.2) is 60.7 Å². The third-order valence-corrected chi connectivity index (χ3v) is 5.05. The molecule has 5 rings (SSSR count). The van der Waals surface area contributed by atoms with E-state index in [1.54, 1.807) is 17.0 Å². The van der Waals surface area contributed by atoms with Gasteiger partial charge in [-0.2, -0.15) is 0 Å². The molecule has 3 saturated heterocycles. The Balaban J connectivity index is 1.41. The summed E-state index contributed by atoms with van der Waals surface area (Å²) in [5.74, 6) is -0.725. The second-order valence-corrected chi connectivity index (χ2v) is 6.47. The van der Waals surface area contributed by atoms with Gasteiger partial charge in [-0.15, -0.1) is 0 Å². The maximum atomic E-state index is 13.0. The summed E-state index contributed by atoms with van der Waals surface area (Å²) in [5, 5.41) is 2.79. The van der Waals surface area contributed by atoms with Crippen LogP contribution in [0.3, 0.4) is 0 Å². The van der Waals surface area contributed by atoms with Crippen LogP contribution in [0.25, 0.3) is 0 Å². The van der Waals surface area contributed by atoms with Crippen LogP contribution < -0.4 is 5.32 Å². The molecule has 3 aliphatic rings. The molecular formula is C19H16N2O4. The number of amides is 2. The third kappa shape index (κ3) is 1.98. The highest BCUT2D eigenvalue weighted by Crippen LogP contribution is 2.54. The number of ether oxygens (including phenoxy) is 2. The number of benzene rings is 2. The van der Waals surface area contributed by atoms with Crippen molar-refractivity contribution in [3.05, 3.63) is 66.2 Å². The molecule has 6 heteroatoms. The fourth-order valence-corrected chi connectivity index (χ4v) is 3.79. The number of carbonyl (C=O) groups is 2. The predicted octanol–water partition coefficient (Wildman–Crippen LogP) is 1.70. The summed E-state index contributed by atoms with van der Waals surface area (Å²) in [5.41, 5.74) is 0.141. The minimum atomic E-state index is -1.41. The molecule has 126 valence electrons. The smallest absolute Gasteiger partial charge is 0.270 e. The Morgan fingerprint density at radius 3 is 2.48 bits per heavy atom.